The molecule has 1 aliphatic heterocycles. The largest absolute Gasteiger partial charge is 0.378 e. The van der Waals surface area contributed by atoms with Crippen LogP contribution in [-0.2, 0) is 4.74 Å². The van der Waals surface area contributed by atoms with Crippen LogP contribution >= 0.6 is 0 Å². The van der Waals surface area contributed by atoms with Gasteiger partial charge in [-0.1, -0.05) is 24.3 Å². The molecule has 3 aromatic rings. The average molecular weight is 321 g/mol. The maximum Gasteiger partial charge on any atom is 0.321 e. The maximum atomic E-state index is 12.3. The number of hydrogen-bond donors (Lipinski definition) is 2. The molecule has 2 aromatic carbocycles. The molecule has 0 bridgehead atoms. The van der Waals surface area contributed by atoms with Crippen molar-refractivity contribution >= 4 is 22.6 Å². The van der Waals surface area contributed by atoms with E-state index in [4.69, 9.17) is 4.74 Å². The molecule has 1 saturated heterocycles. The Kier molecular flexibility index (Phi) is 3.92. The number of morpholine rings is 1. The minimum absolute atomic E-state index is 0.0738. The number of hydrogen-bond acceptors (Lipinski definition) is 2. The van der Waals surface area contributed by atoms with Crippen LogP contribution in [0.3, 0.4) is 0 Å². The Morgan fingerprint density at radius 1 is 1.08 bits per heavy atom. The van der Waals surface area contributed by atoms with Crippen molar-refractivity contribution in [3.63, 3.8) is 0 Å². The molecule has 0 saturated carbocycles. The van der Waals surface area contributed by atoms with Crippen molar-refractivity contribution in [2.24, 2.45) is 0 Å². The van der Waals surface area contributed by atoms with Gasteiger partial charge in [0, 0.05) is 35.9 Å². The van der Waals surface area contributed by atoms with E-state index in [-0.39, 0.29) is 6.03 Å². The number of anilines is 1. The summed E-state index contributed by atoms with van der Waals surface area (Å²) in [4.78, 5) is 17.4. The first-order valence-electron chi connectivity index (χ1n) is 8.11. The van der Waals surface area contributed by atoms with Crippen LogP contribution in [0.4, 0.5) is 10.5 Å². The maximum absolute atomic E-state index is 12.3. The number of ether oxygens (including phenoxy) is 1. The molecule has 122 valence electrons. The topological polar surface area (TPSA) is 57.4 Å². The van der Waals surface area contributed by atoms with E-state index in [1.807, 2.05) is 30.5 Å². The second kappa shape index (κ2) is 6.37. The van der Waals surface area contributed by atoms with E-state index in [2.05, 4.69) is 34.6 Å². The van der Waals surface area contributed by atoms with Crippen LogP contribution in [0.1, 0.15) is 0 Å². The monoisotopic (exact) mass is 321 g/mol. The molecule has 1 aliphatic rings. The summed E-state index contributed by atoms with van der Waals surface area (Å²) in [6.07, 6.45) is 1.94. The number of carbonyl (C=O) groups excluding carboxylic acids is 1. The molecule has 2 heterocycles. The number of H-pyrrole nitrogens is 1. The van der Waals surface area contributed by atoms with Crippen molar-refractivity contribution in [3.05, 3.63) is 54.7 Å². The Labute approximate surface area is 140 Å². The molecule has 0 unspecified atom stereocenters. The Morgan fingerprint density at radius 3 is 2.79 bits per heavy atom. The lowest BCUT2D eigenvalue weighted by Crippen LogP contribution is -2.43. The van der Waals surface area contributed by atoms with Crippen molar-refractivity contribution in [2.45, 2.75) is 0 Å². The van der Waals surface area contributed by atoms with Gasteiger partial charge in [-0.3, -0.25) is 0 Å². The first-order valence-corrected chi connectivity index (χ1v) is 8.11. The van der Waals surface area contributed by atoms with Crippen molar-refractivity contribution in [1.29, 1.82) is 0 Å². The summed E-state index contributed by atoms with van der Waals surface area (Å²) in [6.45, 7) is 2.47. The first kappa shape index (κ1) is 14.8. The van der Waals surface area contributed by atoms with Gasteiger partial charge in [-0.05, 0) is 35.4 Å². The SMILES string of the molecule is O=C(Nc1cccc(-c2cccc3[nH]ccc23)c1)N1CCOCC1. The molecule has 0 atom stereocenters. The minimum Gasteiger partial charge on any atom is -0.378 e. The third-order valence-corrected chi connectivity index (χ3v) is 4.32. The molecular formula is C19H19N3O2. The third kappa shape index (κ3) is 2.86. The number of aromatic nitrogens is 1. The summed E-state index contributed by atoms with van der Waals surface area (Å²) in [6, 6.07) is 16.1. The fourth-order valence-corrected chi connectivity index (χ4v) is 3.07. The van der Waals surface area contributed by atoms with Gasteiger partial charge in [-0.15, -0.1) is 0 Å². The lowest BCUT2D eigenvalue weighted by atomic mass is 10.0. The van der Waals surface area contributed by atoms with Gasteiger partial charge in [0.2, 0.25) is 0 Å². The normalized spacial score (nSPS) is 14.8. The van der Waals surface area contributed by atoms with Gasteiger partial charge >= 0.3 is 6.03 Å². The lowest BCUT2D eigenvalue weighted by molar-refractivity contribution is 0.0564. The van der Waals surface area contributed by atoms with E-state index < -0.39 is 0 Å². The number of rotatable bonds is 2. The number of nitrogens with one attached hydrogen (secondary N) is 2. The van der Waals surface area contributed by atoms with Gasteiger partial charge in [0.05, 0.1) is 13.2 Å². The zero-order valence-corrected chi connectivity index (χ0v) is 13.3. The Hall–Kier alpha value is -2.79. The highest BCUT2D eigenvalue weighted by Gasteiger charge is 2.16. The number of benzene rings is 2. The van der Waals surface area contributed by atoms with Crippen LogP contribution in [0.2, 0.25) is 0 Å². The quantitative estimate of drug-likeness (QED) is 0.756. The van der Waals surface area contributed by atoms with Crippen LogP contribution in [0.25, 0.3) is 22.0 Å². The number of aromatic amines is 1. The molecule has 5 nitrogen and oxygen atoms in total. The van der Waals surface area contributed by atoms with Gasteiger partial charge in [0.25, 0.3) is 0 Å². The van der Waals surface area contributed by atoms with E-state index in [0.29, 0.717) is 26.3 Å². The van der Waals surface area contributed by atoms with Crippen LogP contribution in [0.15, 0.2) is 54.7 Å². The second-order valence-corrected chi connectivity index (χ2v) is 5.85. The standard InChI is InChI=1S/C19H19N3O2/c23-19(22-9-11-24-12-10-22)21-15-4-1-3-14(13-15)16-5-2-6-18-17(16)7-8-20-18/h1-8,13,20H,9-12H2,(H,21,23). The molecule has 1 fully saturated rings. The van der Waals surface area contributed by atoms with Crippen molar-refractivity contribution in [2.75, 3.05) is 31.6 Å². The van der Waals surface area contributed by atoms with E-state index in [1.165, 1.54) is 5.39 Å². The zero-order chi connectivity index (χ0) is 16.4. The third-order valence-electron chi connectivity index (χ3n) is 4.32. The summed E-state index contributed by atoms with van der Waals surface area (Å²) < 4.78 is 5.29. The van der Waals surface area contributed by atoms with E-state index in [1.54, 1.807) is 4.90 Å². The molecule has 2 N–H and O–H groups in total. The zero-order valence-electron chi connectivity index (χ0n) is 13.3. The number of nitrogens with zero attached hydrogens (tertiary/aromatic N) is 1. The summed E-state index contributed by atoms with van der Waals surface area (Å²) in [7, 11) is 0. The minimum atomic E-state index is -0.0738. The molecule has 0 spiro atoms. The lowest BCUT2D eigenvalue weighted by Gasteiger charge is -2.27. The van der Waals surface area contributed by atoms with E-state index >= 15 is 0 Å². The molecule has 0 radical (unpaired) electrons. The summed E-state index contributed by atoms with van der Waals surface area (Å²) >= 11 is 0. The molecule has 2 amide bonds. The Bertz CT molecular complexity index is 866. The number of fused-ring (bicyclic) bond motifs is 1. The van der Waals surface area contributed by atoms with E-state index in [9.17, 15) is 4.79 Å². The van der Waals surface area contributed by atoms with Gasteiger partial charge in [-0.25, -0.2) is 4.79 Å². The number of carbonyl (C=O) groups is 1. The highest BCUT2D eigenvalue weighted by molar-refractivity contribution is 5.96. The number of amides is 2. The molecule has 0 aliphatic carbocycles. The van der Waals surface area contributed by atoms with Crippen molar-refractivity contribution in [1.82, 2.24) is 9.88 Å². The van der Waals surface area contributed by atoms with Crippen LogP contribution in [-0.4, -0.2) is 42.2 Å². The molecule has 1 aromatic heterocycles. The van der Waals surface area contributed by atoms with Crippen LogP contribution in [0, 0.1) is 0 Å². The van der Waals surface area contributed by atoms with Crippen molar-refractivity contribution in [3.8, 4) is 11.1 Å². The summed E-state index contributed by atoms with van der Waals surface area (Å²) in [5.41, 5.74) is 4.14. The fraction of sp³-hybridized carbons (Fsp3) is 0.211. The smallest absolute Gasteiger partial charge is 0.321 e. The second-order valence-electron chi connectivity index (χ2n) is 5.85. The molecular weight excluding hydrogens is 302 g/mol. The van der Waals surface area contributed by atoms with Gasteiger partial charge in [-0.2, -0.15) is 0 Å². The molecule has 5 heteroatoms. The van der Waals surface area contributed by atoms with Gasteiger partial charge in [0.1, 0.15) is 0 Å². The Balaban J connectivity index is 1.59. The summed E-state index contributed by atoms with van der Waals surface area (Å²) in [5, 5.41) is 4.16. The van der Waals surface area contributed by atoms with Gasteiger partial charge in [0.15, 0.2) is 0 Å². The molecule has 4 rings (SSSR count). The molecule has 24 heavy (non-hydrogen) atoms. The van der Waals surface area contributed by atoms with Crippen LogP contribution < -0.4 is 5.32 Å². The fourth-order valence-electron chi connectivity index (χ4n) is 3.07. The summed E-state index contributed by atoms with van der Waals surface area (Å²) in [5.74, 6) is 0. The predicted octanol–water partition coefficient (Wildman–Crippen LogP) is 3.70. The predicted molar refractivity (Wildman–Crippen MR) is 95.1 cm³/mol. The highest BCUT2D eigenvalue weighted by atomic mass is 16.5. The van der Waals surface area contributed by atoms with E-state index in [0.717, 1.165) is 22.3 Å². The Morgan fingerprint density at radius 2 is 1.92 bits per heavy atom. The first-order chi connectivity index (χ1) is 11.8. The number of urea groups is 1. The van der Waals surface area contributed by atoms with Crippen LogP contribution in [0.5, 0.6) is 0 Å². The highest BCUT2D eigenvalue weighted by Crippen LogP contribution is 2.29. The van der Waals surface area contributed by atoms with Gasteiger partial charge < -0.3 is 19.9 Å². The van der Waals surface area contributed by atoms with Crippen molar-refractivity contribution < 1.29 is 9.53 Å². The average Bonchev–Trinajstić information content (AvgIpc) is 3.11.